The number of hydrogen-bond donors (Lipinski definition) is 1. The van der Waals surface area contributed by atoms with Crippen LogP contribution < -0.4 is 5.32 Å². The van der Waals surface area contributed by atoms with Gasteiger partial charge in [-0.05, 0) is 25.7 Å². The summed E-state index contributed by atoms with van der Waals surface area (Å²) in [4.78, 5) is 4.19. The minimum absolute atomic E-state index is 0.688. The lowest BCUT2D eigenvalue weighted by molar-refractivity contribution is 0.437. The first-order chi connectivity index (χ1) is 7.83. The van der Waals surface area contributed by atoms with Crippen molar-refractivity contribution in [3.63, 3.8) is 0 Å². The third-order valence-corrected chi connectivity index (χ3v) is 3.52. The first kappa shape index (κ1) is 11.6. The van der Waals surface area contributed by atoms with Crippen LogP contribution in [0.3, 0.4) is 0 Å². The summed E-state index contributed by atoms with van der Waals surface area (Å²) < 4.78 is 2.21. The molecular formula is C13H23N3. The summed E-state index contributed by atoms with van der Waals surface area (Å²) in [6.45, 7) is 6.40. The van der Waals surface area contributed by atoms with Gasteiger partial charge in [0.2, 0.25) is 0 Å². The van der Waals surface area contributed by atoms with E-state index < -0.39 is 0 Å². The summed E-state index contributed by atoms with van der Waals surface area (Å²) >= 11 is 0. The predicted octanol–water partition coefficient (Wildman–Crippen LogP) is 2.57. The molecule has 0 radical (unpaired) electrons. The van der Waals surface area contributed by atoms with Crippen LogP contribution in [0.5, 0.6) is 0 Å². The second kappa shape index (κ2) is 5.48. The number of aryl methyl sites for hydroxylation is 1. The molecule has 3 heteroatoms. The van der Waals surface area contributed by atoms with Crippen molar-refractivity contribution in [1.29, 1.82) is 0 Å². The normalized spacial score (nSPS) is 17.6. The molecule has 1 heterocycles. The van der Waals surface area contributed by atoms with Gasteiger partial charge in [-0.25, -0.2) is 4.98 Å². The first-order valence-corrected chi connectivity index (χ1v) is 6.55. The summed E-state index contributed by atoms with van der Waals surface area (Å²) in [5, 5.41) is 3.66. The molecule has 1 N–H and O–H groups in total. The summed E-state index contributed by atoms with van der Waals surface area (Å²) in [6, 6.07) is 0.688. The fourth-order valence-electron chi connectivity index (χ4n) is 2.18. The van der Waals surface area contributed by atoms with Gasteiger partial charge in [-0.2, -0.15) is 0 Å². The molecule has 1 aliphatic rings. The van der Waals surface area contributed by atoms with E-state index in [0.29, 0.717) is 6.04 Å². The molecule has 1 fully saturated rings. The first-order valence-electron chi connectivity index (χ1n) is 6.55. The topological polar surface area (TPSA) is 29.9 Å². The molecule has 1 aliphatic carbocycles. The average molecular weight is 221 g/mol. The Kier molecular flexibility index (Phi) is 3.99. The molecular weight excluding hydrogens is 198 g/mol. The third kappa shape index (κ3) is 3.08. The van der Waals surface area contributed by atoms with Crippen LogP contribution in [0.2, 0.25) is 0 Å². The molecule has 0 aliphatic heterocycles. The zero-order valence-electron chi connectivity index (χ0n) is 10.4. The Morgan fingerprint density at radius 2 is 2.31 bits per heavy atom. The predicted molar refractivity (Wildman–Crippen MR) is 66.2 cm³/mol. The number of imidazole rings is 1. The molecule has 1 saturated carbocycles. The third-order valence-electron chi connectivity index (χ3n) is 3.52. The lowest BCUT2D eigenvalue weighted by atomic mass is 10.1. The van der Waals surface area contributed by atoms with Gasteiger partial charge in [-0.3, -0.25) is 0 Å². The summed E-state index contributed by atoms with van der Waals surface area (Å²) in [6.07, 6.45) is 9.38. The number of hydrogen-bond acceptors (Lipinski definition) is 2. The zero-order chi connectivity index (χ0) is 11.4. The van der Waals surface area contributed by atoms with Crippen molar-refractivity contribution < 1.29 is 0 Å². The summed E-state index contributed by atoms with van der Waals surface area (Å²) in [5.74, 6) is 1.01. The maximum Gasteiger partial charge on any atom is 0.0948 e. The average Bonchev–Trinajstić information content (AvgIpc) is 3.00. The van der Waals surface area contributed by atoms with Gasteiger partial charge >= 0.3 is 0 Å². The van der Waals surface area contributed by atoms with Crippen molar-refractivity contribution in [2.24, 2.45) is 5.92 Å². The van der Waals surface area contributed by atoms with Crippen molar-refractivity contribution in [2.45, 2.75) is 58.7 Å². The van der Waals surface area contributed by atoms with E-state index in [1.165, 1.54) is 31.4 Å². The van der Waals surface area contributed by atoms with Crippen molar-refractivity contribution in [1.82, 2.24) is 14.9 Å². The van der Waals surface area contributed by atoms with Gasteiger partial charge in [0.15, 0.2) is 0 Å². The SMILES string of the molecule is CCC(CC1CC1)NCc1cncn1CC. The summed E-state index contributed by atoms with van der Waals surface area (Å²) in [7, 11) is 0. The second-order valence-electron chi connectivity index (χ2n) is 4.84. The van der Waals surface area contributed by atoms with E-state index in [0.717, 1.165) is 19.0 Å². The van der Waals surface area contributed by atoms with E-state index in [1.807, 2.05) is 12.5 Å². The Balaban J connectivity index is 1.79. The minimum Gasteiger partial charge on any atom is -0.334 e. The molecule has 16 heavy (non-hydrogen) atoms. The quantitative estimate of drug-likeness (QED) is 0.767. The van der Waals surface area contributed by atoms with E-state index >= 15 is 0 Å². The van der Waals surface area contributed by atoms with E-state index in [1.54, 1.807) is 0 Å². The van der Waals surface area contributed by atoms with Gasteiger partial charge < -0.3 is 9.88 Å². The molecule has 1 aromatic rings. The Morgan fingerprint density at radius 3 is 2.94 bits per heavy atom. The Labute approximate surface area is 98.3 Å². The highest BCUT2D eigenvalue weighted by molar-refractivity contribution is 4.98. The number of aromatic nitrogens is 2. The maximum absolute atomic E-state index is 4.19. The highest BCUT2D eigenvalue weighted by atomic mass is 15.1. The van der Waals surface area contributed by atoms with E-state index in [2.05, 4.69) is 28.7 Å². The molecule has 0 bridgehead atoms. The van der Waals surface area contributed by atoms with Crippen LogP contribution in [0.15, 0.2) is 12.5 Å². The molecule has 0 saturated heterocycles. The summed E-state index contributed by atoms with van der Waals surface area (Å²) in [5.41, 5.74) is 1.30. The zero-order valence-corrected chi connectivity index (χ0v) is 10.4. The molecule has 3 nitrogen and oxygen atoms in total. The smallest absolute Gasteiger partial charge is 0.0948 e. The van der Waals surface area contributed by atoms with Gasteiger partial charge in [0.25, 0.3) is 0 Å². The van der Waals surface area contributed by atoms with Crippen molar-refractivity contribution >= 4 is 0 Å². The standard InChI is InChI=1S/C13H23N3/c1-3-12(7-11-5-6-11)15-9-13-8-14-10-16(13)4-2/h8,10-12,15H,3-7,9H2,1-2H3. The fraction of sp³-hybridized carbons (Fsp3) is 0.769. The van der Waals surface area contributed by atoms with Crippen LogP contribution in [0.4, 0.5) is 0 Å². The lowest BCUT2D eigenvalue weighted by Crippen LogP contribution is -2.29. The molecule has 2 rings (SSSR count). The van der Waals surface area contributed by atoms with Crippen molar-refractivity contribution in [3.05, 3.63) is 18.2 Å². The van der Waals surface area contributed by atoms with E-state index in [-0.39, 0.29) is 0 Å². The molecule has 1 atom stereocenters. The number of nitrogens with zero attached hydrogens (tertiary/aromatic N) is 2. The van der Waals surface area contributed by atoms with Crippen LogP contribution in [-0.2, 0) is 13.1 Å². The molecule has 0 amide bonds. The van der Waals surface area contributed by atoms with Gasteiger partial charge in [0, 0.05) is 25.3 Å². The minimum atomic E-state index is 0.688. The molecule has 0 spiro atoms. The van der Waals surface area contributed by atoms with Gasteiger partial charge in [0.05, 0.1) is 12.0 Å². The monoisotopic (exact) mass is 221 g/mol. The molecule has 0 aromatic carbocycles. The Hall–Kier alpha value is -0.830. The highest BCUT2D eigenvalue weighted by Crippen LogP contribution is 2.34. The molecule has 1 aromatic heterocycles. The lowest BCUT2D eigenvalue weighted by Gasteiger charge is -2.17. The largest absolute Gasteiger partial charge is 0.334 e. The van der Waals surface area contributed by atoms with Crippen molar-refractivity contribution in [3.8, 4) is 0 Å². The second-order valence-corrected chi connectivity index (χ2v) is 4.84. The van der Waals surface area contributed by atoms with Crippen LogP contribution in [0.1, 0.15) is 45.2 Å². The van der Waals surface area contributed by atoms with E-state index in [4.69, 9.17) is 0 Å². The van der Waals surface area contributed by atoms with Crippen molar-refractivity contribution in [2.75, 3.05) is 0 Å². The van der Waals surface area contributed by atoms with Gasteiger partial charge in [-0.15, -0.1) is 0 Å². The van der Waals surface area contributed by atoms with Crippen LogP contribution in [0.25, 0.3) is 0 Å². The van der Waals surface area contributed by atoms with Crippen LogP contribution >= 0.6 is 0 Å². The maximum atomic E-state index is 4.19. The van der Waals surface area contributed by atoms with Crippen LogP contribution in [0, 0.1) is 5.92 Å². The Bertz CT molecular complexity index is 315. The molecule has 90 valence electrons. The van der Waals surface area contributed by atoms with Gasteiger partial charge in [0.1, 0.15) is 0 Å². The molecule has 1 unspecified atom stereocenters. The van der Waals surface area contributed by atoms with Crippen LogP contribution in [-0.4, -0.2) is 15.6 Å². The highest BCUT2D eigenvalue weighted by Gasteiger charge is 2.24. The fourth-order valence-corrected chi connectivity index (χ4v) is 2.18. The number of nitrogens with one attached hydrogen (secondary N) is 1. The number of rotatable bonds is 7. The van der Waals surface area contributed by atoms with E-state index in [9.17, 15) is 0 Å². The Morgan fingerprint density at radius 1 is 1.50 bits per heavy atom. The van der Waals surface area contributed by atoms with Gasteiger partial charge in [-0.1, -0.05) is 19.8 Å².